The fourth-order valence-electron chi connectivity index (χ4n) is 3.79. The monoisotopic (exact) mass is 476 g/mol. The summed E-state index contributed by atoms with van der Waals surface area (Å²) in [5.41, 5.74) is 0.231. The summed E-state index contributed by atoms with van der Waals surface area (Å²) in [5.74, 6) is 0.0309. The number of phenolic OH excluding ortho intramolecular Hbond substituents is 1. The molecule has 5 atom stereocenters. The first kappa shape index (κ1) is 23.8. The first-order chi connectivity index (χ1) is 16.3. The second-order valence-electron chi connectivity index (χ2n) is 7.65. The molecule has 0 aliphatic carbocycles. The zero-order valence-electron chi connectivity index (χ0n) is 18.2. The Bertz CT molecular complexity index is 1220. The van der Waals surface area contributed by atoms with Crippen molar-refractivity contribution in [2.75, 3.05) is 20.8 Å². The number of hydrogen-bond donors (Lipinski definition) is 5. The third kappa shape index (κ3) is 4.04. The van der Waals surface area contributed by atoms with Crippen molar-refractivity contribution >= 4 is 11.0 Å². The summed E-state index contributed by atoms with van der Waals surface area (Å²) in [5, 5.41) is 49.7. The molecule has 1 aromatic heterocycles. The van der Waals surface area contributed by atoms with E-state index < -0.39 is 48.5 Å². The van der Waals surface area contributed by atoms with Gasteiger partial charge >= 0.3 is 0 Å². The number of ether oxygens (including phenoxy) is 4. The predicted molar refractivity (Wildman–Crippen MR) is 117 cm³/mol. The molecular weight excluding hydrogens is 452 g/mol. The Kier molecular flexibility index (Phi) is 6.64. The number of methoxy groups -OCH3 is 2. The number of benzene rings is 2. The van der Waals surface area contributed by atoms with Gasteiger partial charge in [-0.2, -0.15) is 0 Å². The molecule has 0 unspecified atom stereocenters. The van der Waals surface area contributed by atoms with Gasteiger partial charge in [-0.25, -0.2) is 0 Å². The summed E-state index contributed by atoms with van der Waals surface area (Å²) >= 11 is 0. The molecule has 0 saturated carbocycles. The van der Waals surface area contributed by atoms with Crippen molar-refractivity contribution in [2.45, 2.75) is 30.7 Å². The van der Waals surface area contributed by atoms with E-state index in [9.17, 15) is 30.3 Å². The topological polar surface area (TPSA) is 168 Å². The normalized spacial score (nSPS) is 24.7. The molecule has 0 spiro atoms. The molecule has 34 heavy (non-hydrogen) atoms. The summed E-state index contributed by atoms with van der Waals surface area (Å²) < 4.78 is 26.7. The first-order valence-electron chi connectivity index (χ1n) is 10.3. The maximum atomic E-state index is 13.1. The molecule has 11 nitrogen and oxygen atoms in total. The molecule has 0 bridgehead atoms. The highest BCUT2D eigenvalue weighted by Crippen LogP contribution is 2.41. The molecule has 1 aliphatic heterocycles. The summed E-state index contributed by atoms with van der Waals surface area (Å²) in [6, 6.07) is 7.53. The van der Waals surface area contributed by atoms with Gasteiger partial charge in [0.1, 0.15) is 47.4 Å². The van der Waals surface area contributed by atoms with Crippen LogP contribution in [0.1, 0.15) is 0 Å². The Morgan fingerprint density at radius 3 is 2.32 bits per heavy atom. The van der Waals surface area contributed by atoms with Crippen molar-refractivity contribution in [3.63, 3.8) is 0 Å². The van der Waals surface area contributed by atoms with E-state index >= 15 is 0 Å². The molecule has 1 aliphatic rings. The number of rotatable bonds is 6. The fourth-order valence-corrected chi connectivity index (χ4v) is 3.79. The van der Waals surface area contributed by atoms with Crippen LogP contribution in [-0.2, 0) is 4.74 Å². The Morgan fingerprint density at radius 2 is 1.71 bits per heavy atom. The van der Waals surface area contributed by atoms with Gasteiger partial charge in [0.05, 0.1) is 26.4 Å². The minimum absolute atomic E-state index is 0.00252. The van der Waals surface area contributed by atoms with Crippen LogP contribution in [0.15, 0.2) is 45.8 Å². The zero-order chi connectivity index (χ0) is 24.6. The molecule has 0 radical (unpaired) electrons. The average molecular weight is 476 g/mol. The predicted octanol–water partition coefficient (Wildman–Crippen LogP) is 0.361. The molecule has 1 saturated heterocycles. The van der Waals surface area contributed by atoms with E-state index in [1.807, 2.05) is 0 Å². The van der Waals surface area contributed by atoms with E-state index in [1.165, 1.54) is 38.7 Å². The minimum Gasteiger partial charge on any atom is -0.504 e. The van der Waals surface area contributed by atoms with Gasteiger partial charge in [-0.05, 0) is 17.7 Å². The van der Waals surface area contributed by atoms with Crippen LogP contribution in [0, 0.1) is 0 Å². The van der Waals surface area contributed by atoms with Crippen molar-refractivity contribution < 1.29 is 48.9 Å². The number of fused-ring (bicyclic) bond motifs is 1. The van der Waals surface area contributed by atoms with Gasteiger partial charge in [0.2, 0.25) is 17.5 Å². The van der Waals surface area contributed by atoms with Crippen LogP contribution in [0.5, 0.6) is 23.0 Å². The molecule has 5 N–H and O–H groups in total. The summed E-state index contributed by atoms with van der Waals surface area (Å²) in [6.45, 7) is -0.578. The van der Waals surface area contributed by atoms with E-state index in [0.29, 0.717) is 5.56 Å². The molecular formula is C23H24O11. The van der Waals surface area contributed by atoms with Crippen LogP contribution in [0.3, 0.4) is 0 Å². The van der Waals surface area contributed by atoms with E-state index in [2.05, 4.69) is 0 Å². The first-order valence-corrected chi connectivity index (χ1v) is 10.3. The summed E-state index contributed by atoms with van der Waals surface area (Å²) in [6.07, 6.45) is -5.81. The molecule has 1 fully saturated rings. The third-order valence-corrected chi connectivity index (χ3v) is 5.65. The highest BCUT2D eigenvalue weighted by atomic mass is 16.7. The van der Waals surface area contributed by atoms with Crippen LogP contribution in [0.25, 0.3) is 22.1 Å². The standard InChI is InChI=1S/C23H24O11/c1-30-14-7-13-16(19(27)22(14)31-2)17(25)12(9-32-13)10-3-5-11(6-4-10)33-23-21(29)20(28)18(26)15(8-24)34-23/h3-7,9,15,18,20-21,23-24,26-29H,8H2,1-2H3/t15-,18+,20+,21-,23-/m1/s1. The average Bonchev–Trinajstić information content (AvgIpc) is 2.84. The van der Waals surface area contributed by atoms with E-state index in [-0.39, 0.29) is 33.8 Å². The number of hydrogen-bond acceptors (Lipinski definition) is 11. The molecule has 2 heterocycles. The fraction of sp³-hybridized carbons (Fsp3) is 0.348. The lowest BCUT2D eigenvalue weighted by Gasteiger charge is -2.39. The van der Waals surface area contributed by atoms with Gasteiger partial charge < -0.3 is 48.9 Å². The second-order valence-corrected chi connectivity index (χ2v) is 7.65. The van der Waals surface area contributed by atoms with Crippen LogP contribution in [0.2, 0.25) is 0 Å². The smallest absolute Gasteiger partial charge is 0.229 e. The van der Waals surface area contributed by atoms with Gasteiger partial charge in [-0.3, -0.25) is 4.79 Å². The van der Waals surface area contributed by atoms with Crippen molar-refractivity contribution in [1.82, 2.24) is 0 Å². The maximum absolute atomic E-state index is 13.1. The van der Waals surface area contributed by atoms with Crippen LogP contribution in [0.4, 0.5) is 0 Å². The largest absolute Gasteiger partial charge is 0.504 e. The lowest BCUT2D eigenvalue weighted by molar-refractivity contribution is -0.277. The van der Waals surface area contributed by atoms with Crippen molar-refractivity contribution in [1.29, 1.82) is 0 Å². The van der Waals surface area contributed by atoms with Crippen LogP contribution in [-0.4, -0.2) is 77.1 Å². The van der Waals surface area contributed by atoms with Crippen molar-refractivity contribution in [3.8, 4) is 34.1 Å². The highest BCUT2D eigenvalue weighted by molar-refractivity contribution is 5.91. The van der Waals surface area contributed by atoms with Gasteiger partial charge in [0.15, 0.2) is 11.5 Å². The minimum atomic E-state index is -1.57. The maximum Gasteiger partial charge on any atom is 0.229 e. The molecule has 182 valence electrons. The Morgan fingerprint density at radius 1 is 1.00 bits per heavy atom. The molecule has 11 heteroatoms. The van der Waals surface area contributed by atoms with Crippen molar-refractivity contribution in [2.24, 2.45) is 0 Å². The molecule has 0 amide bonds. The highest BCUT2D eigenvalue weighted by Gasteiger charge is 2.44. The van der Waals surface area contributed by atoms with Gasteiger partial charge in [0.25, 0.3) is 0 Å². The number of aliphatic hydroxyl groups is 4. The third-order valence-electron chi connectivity index (χ3n) is 5.65. The number of aliphatic hydroxyl groups excluding tert-OH is 4. The zero-order valence-corrected chi connectivity index (χ0v) is 18.2. The van der Waals surface area contributed by atoms with Crippen molar-refractivity contribution in [3.05, 3.63) is 46.8 Å². The molecule has 2 aromatic carbocycles. The van der Waals surface area contributed by atoms with Gasteiger partial charge in [0, 0.05) is 6.07 Å². The SMILES string of the molecule is COc1cc2occ(-c3ccc(O[C@@H]4O[C@H](CO)[C@H](O)[C@H](O)[C@H]4O)cc3)c(=O)c2c(O)c1OC. The second kappa shape index (κ2) is 9.49. The lowest BCUT2D eigenvalue weighted by Crippen LogP contribution is -2.60. The Labute approximate surface area is 192 Å². The number of phenols is 1. The van der Waals surface area contributed by atoms with Crippen LogP contribution >= 0.6 is 0 Å². The van der Waals surface area contributed by atoms with E-state index in [1.54, 1.807) is 12.1 Å². The molecule has 4 rings (SSSR count). The number of aromatic hydroxyl groups is 1. The van der Waals surface area contributed by atoms with Gasteiger partial charge in [-0.15, -0.1) is 0 Å². The molecule has 3 aromatic rings. The van der Waals surface area contributed by atoms with E-state index in [4.69, 9.17) is 23.4 Å². The summed E-state index contributed by atoms with van der Waals surface area (Å²) in [4.78, 5) is 13.1. The Balaban J connectivity index is 1.63. The summed E-state index contributed by atoms with van der Waals surface area (Å²) in [7, 11) is 2.73. The van der Waals surface area contributed by atoms with E-state index in [0.717, 1.165) is 0 Å². The Hall–Kier alpha value is -3.35. The lowest BCUT2D eigenvalue weighted by atomic mass is 9.99. The van der Waals surface area contributed by atoms with Gasteiger partial charge in [-0.1, -0.05) is 12.1 Å². The quantitative estimate of drug-likeness (QED) is 0.333. The van der Waals surface area contributed by atoms with Crippen LogP contribution < -0.4 is 19.6 Å².